The van der Waals surface area contributed by atoms with Crippen molar-refractivity contribution < 1.29 is 17.9 Å². The van der Waals surface area contributed by atoms with E-state index in [0.717, 1.165) is 37.1 Å². The third kappa shape index (κ3) is 4.18. The van der Waals surface area contributed by atoms with Crippen molar-refractivity contribution in [2.24, 2.45) is 0 Å². The van der Waals surface area contributed by atoms with Crippen molar-refractivity contribution in [3.05, 3.63) is 29.6 Å². The fourth-order valence-corrected chi connectivity index (χ4v) is 5.29. The average molecular weight is 333 g/mol. The molecule has 4 nitrogen and oxygen atoms in total. The molecule has 1 fully saturated rings. The van der Waals surface area contributed by atoms with E-state index in [1.54, 1.807) is 0 Å². The summed E-state index contributed by atoms with van der Waals surface area (Å²) in [6.07, 6.45) is 2.57. The Morgan fingerprint density at radius 3 is 2.86 bits per heavy atom. The van der Waals surface area contributed by atoms with Gasteiger partial charge in [-0.2, -0.15) is 11.8 Å². The first-order chi connectivity index (χ1) is 9.96. The van der Waals surface area contributed by atoms with E-state index in [1.807, 2.05) is 11.8 Å². The Kier molecular flexibility index (Phi) is 5.65. The first-order valence-electron chi connectivity index (χ1n) is 6.99. The van der Waals surface area contributed by atoms with Gasteiger partial charge in [0, 0.05) is 11.3 Å². The van der Waals surface area contributed by atoms with Crippen molar-refractivity contribution in [3.8, 4) is 0 Å². The molecule has 0 amide bonds. The number of nitrogens with one attached hydrogen (secondary N) is 1. The quantitative estimate of drug-likeness (QED) is 0.838. The van der Waals surface area contributed by atoms with Crippen LogP contribution in [-0.2, 0) is 16.6 Å². The molecule has 2 atom stereocenters. The highest BCUT2D eigenvalue weighted by Gasteiger charge is 2.29. The van der Waals surface area contributed by atoms with Crippen molar-refractivity contribution in [1.29, 1.82) is 0 Å². The molecule has 0 radical (unpaired) electrons. The first kappa shape index (κ1) is 16.7. The van der Waals surface area contributed by atoms with Crippen LogP contribution in [0, 0.1) is 5.82 Å². The summed E-state index contributed by atoms with van der Waals surface area (Å²) in [5.74, 6) is 0.390. The molecular weight excluding hydrogens is 313 g/mol. The van der Waals surface area contributed by atoms with Crippen LogP contribution in [-0.4, -0.2) is 30.6 Å². The third-order valence-corrected chi connectivity index (χ3v) is 6.43. The number of sulfonamides is 1. The Hall–Kier alpha value is -0.630. The predicted molar refractivity (Wildman–Crippen MR) is 82.2 cm³/mol. The van der Waals surface area contributed by atoms with Crippen molar-refractivity contribution in [2.75, 3.05) is 5.75 Å². The maximum atomic E-state index is 13.3. The fourth-order valence-electron chi connectivity index (χ4n) is 2.63. The molecular formula is C14H20FNO3S2. The lowest BCUT2D eigenvalue weighted by atomic mass is 10.2. The van der Waals surface area contributed by atoms with Crippen LogP contribution >= 0.6 is 11.8 Å². The molecule has 0 aromatic heterocycles. The normalized spacial score (nSPS) is 22.6. The zero-order valence-electron chi connectivity index (χ0n) is 11.9. The highest BCUT2D eigenvalue weighted by Crippen LogP contribution is 2.30. The van der Waals surface area contributed by atoms with Crippen molar-refractivity contribution in [2.45, 2.75) is 49.0 Å². The Labute approximate surface area is 129 Å². The Balaban J connectivity index is 2.14. The van der Waals surface area contributed by atoms with E-state index in [0.29, 0.717) is 5.25 Å². The van der Waals surface area contributed by atoms with Crippen LogP contribution in [0.25, 0.3) is 0 Å². The lowest BCUT2D eigenvalue weighted by Gasteiger charge is -2.15. The van der Waals surface area contributed by atoms with Gasteiger partial charge in [0.25, 0.3) is 0 Å². The van der Waals surface area contributed by atoms with E-state index in [9.17, 15) is 17.9 Å². The van der Waals surface area contributed by atoms with Crippen molar-refractivity contribution >= 4 is 21.8 Å². The number of hydrogen-bond acceptors (Lipinski definition) is 4. The summed E-state index contributed by atoms with van der Waals surface area (Å²) in [4.78, 5) is -0.170. The van der Waals surface area contributed by atoms with E-state index in [1.165, 1.54) is 6.07 Å². The van der Waals surface area contributed by atoms with Crippen LogP contribution in [0.2, 0.25) is 0 Å². The zero-order chi connectivity index (χ0) is 15.5. The van der Waals surface area contributed by atoms with Crippen LogP contribution in [0.3, 0.4) is 0 Å². The summed E-state index contributed by atoms with van der Waals surface area (Å²) in [7, 11) is -3.81. The van der Waals surface area contributed by atoms with Gasteiger partial charge in [-0.25, -0.2) is 17.5 Å². The van der Waals surface area contributed by atoms with Crippen molar-refractivity contribution in [1.82, 2.24) is 4.72 Å². The van der Waals surface area contributed by atoms with E-state index in [2.05, 4.69) is 11.6 Å². The van der Waals surface area contributed by atoms with Gasteiger partial charge in [0.1, 0.15) is 5.82 Å². The summed E-state index contributed by atoms with van der Waals surface area (Å²) in [6.45, 7) is 1.65. The maximum absolute atomic E-state index is 13.3. The molecule has 2 rings (SSSR count). The summed E-state index contributed by atoms with van der Waals surface area (Å²) in [5.41, 5.74) is 0.210. The average Bonchev–Trinajstić information content (AvgIpc) is 2.86. The largest absolute Gasteiger partial charge is 0.392 e. The lowest BCUT2D eigenvalue weighted by molar-refractivity contribution is 0.278. The molecule has 7 heteroatoms. The van der Waals surface area contributed by atoms with E-state index >= 15 is 0 Å². The summed E-state index contributed by atoms with van der Waals surface area (Å²) >= 11 is 1.84. The topological polar surface area (TPSA) is 66.4 Å². The number of rotatable bonds is 6. The van der Waals surface area contributed by atoms with Gasteiger partial charge in [-0.15, -0.1) is 0 Å². The molecule has 2 unspecified atom stereocenters. The number of halogens is 1. The van der Waals surface area contributed by atoms with Crippen LogP contribution < -0.4 is 4.72 Å². The van der Waals surface area contributed by atoms with Crippen molar-refractivity contribution in [3.63, 3.8) is 0 Å². The zero-order valence-corrected chi connectivity index (χ0v) is 13.5. The van der Waals surface area contributed by atoms with Gasteiger partial charge in [0.2, 0.25) is 10.0 Å². The molecule has 0 bridgehead atoms. The Morgan fingerprint density at radius 1 is 1.43 bits per heavy atom. The van der Waals surface area contributed by atoms with Gasteiger partial charge in [-0.1, -0.05) is 13.0 Å². The molecule has 0 saturated heterocycles. The molecule has 0 spiro atoms. The van der Waals surface area contributed by atoms with E-state index in [-0.39, 0.29) is 16.5 Å². The van der Waals surface area contributed by atoms with E-state index < -0.39 is 22.4 Å². The number of hydrogen-bond donors (Lipinski definition) is 2. The number of aliphatic hydroxyl groups excluding tert-OH is 1. The first-order valence-corrected chi connectivity index (χ1v) is 9.52. The van der Waals surface area contributed by atoms with Gasteiger partial charge in [-0.05, 0) is 42.7 Å². The highest BCUT2D eigenvalue weighted by molar-refractivity contribution is 7.99. The molecule has 118 valence electrons. The maximum Gasteiger partial charge on any atom is 0.241 e. The van der Waals surface area contributed by atoms with Gasteiger partial charge in [-0.3, -0.25) is 0 Å². The smallest absolute Gasteiger partial charge is 0.241 e. The van der Waals surface area contributed by atoms with Gasteiger partial charge in [0.15, 0.2) is 0 Å². The van der Waals surface area contributed by atoms with E-state index in [4.69, 9.17) is 0 Å². The number of thioether (sulfide) groups is 1. The monoisotopic (exact) mass is 333 g/mol. The van der Waals surface area contributed by atoms with Gasteiger partial charge in [0.05, 0.1) is 11.5 Å². The second-order valence-electron chi connectivity index (χ2n) is 5.12. The van der Waals surface area contributed by atoms with Crippen LogP contribution in [0.5, 0.6) is 0 Å². The second kappa shape index (κ2) is 7.09. The molecule has 0 heterocycles. The van der Waals surface area contributed by atoms with Crippen LogP contribution in [0.1, 0.15) is 31.7 Å². The molecule has 2 N–H and O–H groups in total. The standard InChI is InChI=1S/C14H20FNO3S2/c1-2-20-13-6-5-12(8-13)16-21(18,19)14-7-11(15)4-3-10(14)9-17/h3-4,7,12-13,16-17H,2,5-6,8-9H2,1H3. The summed E-state index contributed by atoms with van der Waals surface area (Å²) in [5, 5.41) is 9.71. The molecule has 1 aromatic carbocycles. The fraction of sp³-hybridized carbons (Fsp3) is 0.571. The third-order valence-electron chi connectivity index (χ3n) is 3.60. The highest BCUT2D eigenvalue weighted by atomic mass is 32.2. The van der Waals surface area contributed by atoms with Gasteiger partial charge < -0.3 is 5.11 Å². The van der Waals surface area contributed by atoms with Crippen LogP contribution in [0.15, 0.2) is 23.1 Å². The minimum Gasteiger partial charge on any atom is -0.392 e. The number of aliphatic hydroxyl groups is 1. The molecule has 1 aromatic rings. The lowest BCUT2D eigenvalue weighted by Crippen LogP contribution is -2.33. The second-order valence-corrected chi connectivity index (χ2v) is 8.38. The summed E-state index contributed by atoms with van der Waals surface area (Å²) < 4.78 is 40.7. The molecule has 21 heavy (non-hydrogen) atoms. The number of benzene rings is 1. The Morgan fingerprint density at radius 2 is 2.19 bits per heavy atom. The SMILES string of the molecule is CCSC1CCC(NS(=O)(=O)c2cc(F)ccc2CO)C1. The molecule has 0 aliphatic heterocycles. The predicted octanol–water partition coefficient (Wildman–Crippen LogP) is 2.27. The summed E-state index contributed by atoms with van der Waals surface area (Å²) in [6, 6.07) is 3.29. The Bertz CT molecular complexity index is 592. The van der Waals surface area contributed by atoms with Gasteiger partial charge >= 0.3 is 0 Å². The van der Waals surface area contributed by atoms with Crippen LogP contribution in [0.4, 0.5) is 4.39 Å². The minimum absolute atomic E-state index is 0.117. The molecule has 1 aliphatic rings. The molecule has 1 aliphatic carbocycles. The molecule has 1 saturated carbocycles. The minimum atomic E-state index is -3.81.